The molecular formula is C16H25FN2O2. The van der Waals surface area contributed by atoms with Crippen molar-refractivity contribution in [3.63, 3.8) is 0 Å². The van der Waals surface area contributed by atoms with E-state index in [9.17, 15) is 4.39 Å². The van der Waals surface area contributed by atoms with Crippen LogP contribution in [0.1, 0.15) is 18.4 Å². The molecule has 0 aliphatic heterocycles. The zero-order valence-electron chi connectivity index (χ0n) is 12.9. The van der Waals surface area contributed by atoms with Crippen molar-refractivity contribution in [2.45, 2.75) is 25.4 Å². The van der Waals surface area contributed by atoms with E-state index < -0.39 is 0 Å². The second-order valence-electron chi connectivity index (χ2n) is 5.45. The van der Waals surface area contributed by atoms with E-state index in [2.05, 4.69) is 10.2 Å². The molecule has 1 saturated carbocycles. The minimum atomic E-state index is -0.195. The lowest BCUT2D eigenvalue weighted by molar-refractivity contribution is 0.190. The fourth-order valence-corrected chi connectivity index (χ4v) is 2.24. The smallest absolute Gasteiger partial charge is 0.125 e. The number of anilines is 1. The molecule has 118 valence electrons. The Hall–Kier alpha value is -1.17. The van der Waals surface area contributed by atoms with Gasteiger partial charge in [0.15, 0.2) is 0 Å². The Kier molecular flexibility index (Phi) is 6.42. The maximum Gasteiger partial charge on any atom is 0.125 e. The zero-order valence-corrected chi connectivity index (χ0v) is 12.9. The minimum absolute atomic E-state index is 0.195. The first-order chi connectivity index (χ1) is 10.2. The number of ether oxygens (including phenoxy) is 2. The van der Waals surface area contributed by atoms with Gasteiger partial charge in [0.05, 0.1) is 13.2 Å². The number of halogens is 1. The summed E-state index contributed by atoms with van der Waals surface area (Å²) in [5.41, 5.74) is 1.87. The SMILES string of the molecule is COCCN(CCOC)c1cc(F)cc(CNC2CC2)c1. The topological polar surface area (TPSA) is 33.7 Å². The van der Waals surface area contributed by atoms with Gasteiger partial charge >= 0.3 is 0 Å². The Morgan fingerprint density at radius 1 is 1.14 bits per heavy atom. The molecule has 1 fully saturated rings. The standard InChI is InChI=1S/C16H25FN2O2/c1-20-7-5-19(6-8-21-2)16-10-13(9-14(17)11-16)12-18-15-3-4-15/h9-11,15,18H,3-8,12H2,1-2H3. The maximum atomic E-state index is 13.9. The molecule has 0 unspecified atom stereocenters. The van der Waals surface area contributed by atoms with Crippen LogP contribution < -0.4 is 10.2 Å². The Morgan fingerprint density at radius 2 is 1.81 bits per heavy atom. The number of hydrogen-bond acceptors (Lipinski definition) is 4. The Bertz CT molecular complexity index is 430. The summed E-state index contributed by atoms with van der Waals surface area (Å²) in [7, 11) is 3.34. The van der Waals surface area contributed by atoms with E-state index in [0.717, 1.165) is 30.9 Å². The van der Waals surface area contributed by atoms with Crippen LogP contribution in [0.3, 0.4) is 0 Å². The number of hydrogen-bond donors (Lipinski definition) is 1. The van der Waals surface area contributed by atoms with Gasteiger partial charge in [0, 0.05) is 45.6 Å². The minimum Gasteiger partial charge on any atom is -0.383 e. The molecular weight excluding hydrogens is 271 g/mol. The van der Waals surface area contributed by atoms with Crippen LogP contribution >= 0.6 is 0 Å². The summed E-state index contributed by atoms with van der Waals surface area (Å²) >= 11 is 0. The molecule has 0 aromatic heterocycles. The summed E-state index contributed by atoms with van der Waals surface area (Å²) in [6.07, 6.45) is 2.46. The molecule has 1 N–H and O–H groups in total. The molecule has 0 saturated heterocycles. The second kappa shape index (κ2) is 8.32. The third kappa shape index (κ3) is 5.61. The summed E-state index contributed by atoms with van der Waals surface area (Å²) < 4.78 is 24.1. The van der Waals surface area contributed by atoms with Crippen molar-refractivity contribution in [3.05, 3.63) is 29.6 Å². The fourth-order valence-electron chi connectivity index (χ4n) is 2.24. The van der Waals surface area contributed by atoms with Crippen LogP contribution in [0.4, 0.5) is 10.1 Å². The molecule has 0 heterocycles. The monoisotopic (exact) mass is 296 g/mol. The van der Waals surface area contributed by atoms with Crippen LogP contribution in [0.5, 0.6) is 0 Å². The lowest BCUT2D eigenvalue weighted by atomic mass is 10.1. The van der Waals surface area contributed by atoms with Gasteiger partial charge < -0.3 is 19.7 Å². The highest BCUT2D eigenvalue weighted by Crippen LogP contribution is 2.22. The lowest BCUT2D eigenvalue weighted by Crippen LogP contribution is -2.31. The Balaban J connectivity index is 2.04. The molecule has 1 aliphatic carbocycles. The third-order valence-corrected chi connectivity index (χ3v) is 3.61. The fraction of sp³-hybridized carbons (Fsp3) is 0.625. The Morgan fingerprint density at radius 3 is 2.38 bits per heavy atom. The van der Waals surface area contributed by atoms with E-state index in [1.54, 1.807) is 26.4 Å². The van der Waals surface area contributed by atoms with E-state index in [-0.39, 0.29) is 5.82 Å². The van der Waals surface area contributed by atoms with E-state index in [0.29, 0.717) is 19.3 Å². The highest BCUT2D eigenvalue weighted by Gasteiger charge is 2.20. The number of nitrogens with zero attached hydrogens (tertiary/aromatic N) is 1. The van der Waals surface area contributed by atoms with Gasteiger partial charge in [0.1, 0.15) is 5.82 Å². The van der Waals surface area contributed by atoms with Gasteiger partial charge in [-0.2, -0.15) is 0 Å². The molecule has 5 heteroatoms. The number of nitrogens with one attached hydrogen (secondary N) is 1. The van der Waals surface area contributed by atoms with Crippen molar-refractivity contribution >= 4 is 5.69 Å². The summed E-state index contributed by atoms with van der Waals surface area (Å²) in [6, 6.07) is 5.84. The van der Waals surface area contributed by atoms with Gasteiger partial charge in [-0.25, -0.2) is 4.39 Å². The molecule has 0 amide bonds. The zero-order chi connectivity index (χ0) is 15.1. The van der Waals surface area contributed by atoms with Crippen LogP contribution in [-0.2, 0) is 16.0 Å². The predicted octanol–water partition coefficient (Wildman–Crippen LogP) is 2.18. The first kappa shape index (κ1) is 16.2. The van der Waals surface area contributed by atoms with Crippen molar-refractivity contribution in [2.75, 3.05) is 45.4 Å². The van der Waals surface area contributed by atoms with Crippen LogP contribution in [0.2, 0.25) is 0 Å². The van der Waals surface area contributed by atoms with Crippen LogP contribution in [0.25, 0.3) is 0 Å². The number of rotatable bonds is 10. The van der Waals surface area contributed by atoms with Crippen LogP contribution in [0.15, 0.2) is 18.2 Å². The van der Waals surface area contributed by atoms with Crippen molar-refractivity contribution in [1.29, 1.82) is 0 Å². The average Bonchev–Trinajstić information content (AvgIpc) is 3.29. The molecule has 1 aromatic carbocycles. The lowest BCUT2D eigenvalue weighted by Gasteiger charge is -2.25. The summed E-state index contributed by atoms with van der Waals surface area (Å²) in [5, 5.41) is 3.42. The molecule has 2 rings (SSSR count). The molecule has 1 aromatic rings. The first-order valence-corrected chi connectivity index (χ1v) is 7.48. The molecule has 0 atom stereocenters. The maximum absolute atomic E-state index is 13.9. The van der Waals surface area contributed by atoms with Gasteiger partial charge in [0.25, 0.3) is 0 Å². The predicted molar refractivity (Wildman–Crippen MR) is 82.2 cm³/mol. The third-order valence-electron chi connectivity index (χ3n) is 3.61. The highest BCUT2D eigenvalue weighted by atomic mass is 19.1. The highest BCUT2D eigenvalue weighted by molar-refractivity contribution is 5.49. The molecule has 0 bridgehead atoms. The van der Waals surface area contributed by atoms with E-state index in [1.807, 2.05) is 6.07 Å². The van der Waals surface area contributed by atoms with Crippen molar-refractivity contribution < 1.29 is 13.9 Å². The van der Waals surface area contributed by atoms with Crippen molar-refractivity contribution in [2.24, 2.45) is 0 Å². The molecule has 0 spiro atoms. The van der Waals surface area contributed by atoms with Gasteiger partial charge in [-0.3, -0.25) is 0 Å². The van der Waals surface area contributed by atoms with E-state index >= 15 is 0 Å². The molecule has 4 nitrogen and oxygen atoms in total. The largest absolute Gasteiger partial charge is 0.383 e. The Labute approximate surface area is 126 Å². The van der Waals surface area contributed by atoms with Crippen molar-refractivity contribution in [1.82, 2.24) is 5.32 Å². The summed E-state index contributed by atoms with van der Waals surface area (Å²) in [4.78, 5) is 2.09. The number of methoxy groups -OCH3 is 2. The van der Waals surface area contributed by atoms with Crippen molar-refractivity contribution in [3.8, 4) is 0 Å². The normalized spacial score (nSPS) is 14.4. The molecule has 21 heavy (non-hydrogen) atoms. The van der Waals surface area contributed by atoms with Crippen LogP contribution in [0, 0.1) is 5.82 Å². The van der Waals surface area contributed by atoms with Crippen LogP contribution in [-0.4, -0.2) is 46.6 Å². The molecule has 1 aliphatic rings. The van der Waals surface area contributed by atoms with E-state index in [1.165, 1.54) is 12.8 Å². The van der Waals surface area contributed by atoms with Gasteiger partial charge in [-0.05, 0) is 36.6 Å². The summed E-state index contributed by atoms with van der Waals surface area (Å²) in [5.74, 6) is -0.195. The first-order valence-electron chi connectivity index (χ1n) is 7.48. The number of benzene rings is 1. The average molecular weight is 296 g/mol. The molecule has 0 radical (unpaired) electrons. The van der Waals surface area contributed by atoms with E-state index in [4.69, 9.17) is 9.47 Å². The van der Waals surface area contributed by atoms with Gasteiger partial charge in [-0.1, -0.05) is 0 Å². The quantitative estimate of drug-likeness (QED) is 0.717. The summed E-state index contributed by atoms with van der Waals surface area (Å²) in [6.45, 7) is 3.38. The second-order valence-corrected chi connectivity index (χ2v) is 5.45. The van der Waals surface area contributed by atoms with Gasteiger partial charge in [-0.15, -0.1) is 0 Å². The van der Waals surface area contributed by atoms with Gasteiger partial charge in [0.2, 0.25) is 0 Å².